The van der Waals surface area contributed by atoms with Crippen LogP contribution in [0.2, 0.25) is 0 Å². The quantitative estimate of drug-likeness (QED) is 0.538. The lowest BCUT2D eigenvalue weighted by Gasteiger charge is -2.08. The summed E-state index contributed by atoms with van der Waals surface area (Å²) in [6.07, 6.45) is 1.47. The molecular weight excluding hydrogens is 382 g/mol. The van der Waals surface area contributed by atoms with Gasteiger partial charge < -0.3 is 10.1 Å². The van der Waals surface area contributed by atoms with E-state index >= 15 is 0 Å². The summed E-state index contributed by atoms with van der Waals surface area (Å²) in [6, 6.07) is 10.2. The number of anilines is 1. The number of benzene rings is 1. The molecule has 148 valence electrons. The summed E-state index contributed by atoms with van der Waals surface area (Å²) in [4.78, 5) is 17.1. The highest BCUT2D eigenvalue weighted by molar-refractivity contribution is 6.08. The first-order valence-electron chi connectivity index (χ1n) is 8.62. The van der Waals surface area contributed by atoms with Crippen molar-refractivity contribution in [3.05, 3.63) is 66.2 Å². The van der Waals surface area contributed by atoms with E-state index in [9.17, 15) is 13.6 Å². The van der Waals surface area contributed by atoms with E-state index in [1.807, 2.05) is 6.07 Å². The Balaban J connectivity index is 1.74. The highest BCUT2D eigenvalue weighted by Gasteiger charge is 2.21. The maximum Gasteiger partial charge on any atom is 0.280 e. The summed E-state index contributed by atoms with van der Waals surface area (Å²) in [5.74, 6) is -0.533. The molecule has 0 fully saturated rings. The Hall–Kier alpha value is -3.66. The van der Waals surface area contributed by atoms with Gasteiger partial charge in [-0.05, 0) is 6.07 Å². The van der Waals surface area contributed by atoms with Crippen molar-refractivity contribution in [2.24, 2.45) is 0 Å². The molecule has 1 aromatic carbocycles. The third-order valence-corrected chi connectivity index (χ3v) is 4.19. The van der Waals surface area contributed by atoms with Crippen LogP contribution in [0.15, 0.2) is 55.0 Å². The fourth-order valence-corrected chi connectivity index (χ4v) is 2.89. The summed E-state index contributed by atoms with van der Waals surface area (Å²) in [6.45, 7) is 0.228. The third-order valence-electron chi connectivity index (χ3n) is 4.19. The van der Waals surface area contributed by atoms with Crippen LogP contribution >= 0.6 is 0 Å². The highest BCUT2D eigenvalue weighted by atomic mass is 19.3. The average Bonchev–Trinajstić information content (AvgIpc) is 3.34. The van der Waals surface area contributed by atoms with Crippen molar-refractivity contribution in [2.75, 3.05) is 12.4 Å². The number of fused-ring (bicyclic) bond motifs is 1. The van der Waals surface area contributed by atoms with Gasteiger partial charge in [0, 0.05) is 12.7 Å². The molecule has 0 spiro atoms. The molecule has 4 aromatic rings. The number of ether oxygens (including phenoxy) is 1. The molecule has 0 aliphatic carbocycles. The molecule has 3 heterocycles. The number of hydrogen-bond acceptors (Lipinski definition) is 5. The van der Waals surface area contributed by atoms with Crippen LogP contribution < -0.4 is 5.32 Å². The van der Waals surface area contributed by atoms with E-state index in [2.05, 4.69) is 20.5 Å². The van der Waals surface area contributed by atoms with Gasteiger partial charge in [0.1, 0.15) is 18.0 Å². The lowest BCUT2D eigenvalue weighted by Crippen LogP contribution is -2.12. The minimum atomic E-state index is -2.79. The molecule has 0 aliphatic heterocycles. The molecule has 0 unspecified atom stereocenters. The Morgan fingerprint density at radius 3 is 2.72 bits per heavy atom. The van der Waals surface area contributed by atoms with Gasteiger partial charge in [-0.3, -0.25) is 4.79 Å². The van der Waals surface area contributed by atoms with Crippen LogP contribution in [-0.4, -0.2) is 37.4 Å². The van der Waals surface area contributed by atoms with Gasteiger partial charge in [-0.2, -0.15) is 10.2 Å². The number of hydrogen-bond donors (Lipinski definition) is 1. The summed E-state index contributed by atoms with van der Waals surface area (Å²) in [5, 5.41) is 10.6. The second kappa shape index (κ2) is 7.76. The normalized spacial score (nSPS) is 11.3. The molecular formula is C19H16F2N6O2. The van der Waals surface area contributed by atoms with Gasteiger partial charge in [0.25, 0.3) is 12.3 Å². The molecule has 29 heavy (non-hydrogen) atoms. The molecule has 1 amide bonds. The van der Waals surface area contributed by atoms with Crippen molar-refractivity contribution in [1.29, 1.82) is 0 Å². The van der Waals surface area contributed by atoms with E-state index < -0.39 is 12.3 Å². The lowest BCUT2D eigenvalue weighted by molar-refractivity contribution is 0.102. The molecule has 1 N–H and O–H groups in total. The largest absolute Gasteiger partial charge is 0.362 e. The van der Waals surface area contributed by atoms with E-state index in [0.29, 0.717) is 16.9 Å². The average molecular weight is 398 g/mol. The predicted molar refractivity (Wildman–Crippen MR) is 101 cm³/mol. The molecule has 0 saturated carbocycles. The number of alkyl halides is 2. The Kier molecular flexibility index (Phi) is 5.00. The van der Waals surface area contributed by atoms with Gasteiger partial charge in [-0.1, -0.05) is 30.3 Å². The number of nitrogens with one attached hydrogen (secondary N) is 1. The second-order valence-electron chi connectivity index (χ2n) is 6.17. The number of amides is 1. The second-order valence-corrected chi connectivity index (χ2v) is 6.17. The molecule has 0 atom stereocenters. The van der Waals surface area contributed by atoms with Gasteiger partial charge >= 0.3 is 0 Å². The Morgan fingerprint density at radius 1 is 1.21 bits per heavy atom. The Morgan fingerprint density at radius 2 is 2.00 bits per heavy atom. The van der Waals surface area contributed by atoms with E-state index in [1.54, 1.807) is 30.5 Å². The van der Waals surface area contributed by atoms with Crippen LogP contribution in [0.4, 0.5) is 14.5 Å². The minimum absolute atomic E-state index is 0.0448. The van der Waals surface area contributed by atoms with Gasteiger partial charge in [-0.15, -0.1) is 0 Å². The van der Waals surface area contributed by atoms with Crippen molar-refractivity contribution < 1.29 is 18.3 Å². The van der Waals surface area contributed by atoms with E-state index in [0.717, 1.165) is 4.52 Å². The molecule has 0 radical (unpaired) electrons. The summed E-state index contributed by atoms with van der Waals surface area (Å²) < 4.78 is 34.7. The first-order valence-corrected chi connectivity index (χ1v) is 8.62. The van der Waals surface area contributed by atoms with Crippen LogP contribution in [0.5, 0.6) is 0 Å². The van der Waals surface area contributed by atoms with Crippen LogP contribution in [0.25, 0.3) is 16.9 Å². The van der Waals surface area contributed by atoms with Gasteiger partial charge in [-0.25, -0.2) is 23.0 Å². The minimum Gasteiger partial charge on any atom is -0.362 e. The summed E-state index contributed by atoms with van der Waals surface area (Å²) in [7, 11) is 1.52. The standard InChI is InChI=1S/C19H16F2N6O2/c1-29-11-26-10-13(8-22-26)24-19(28)14-9-23-27-16(17(20)21)7-15(25-18(14)27)12-5-3-2-4-6-12/h2-10,17H,11H2,1H3,(H,24,28). The fraction of sp³-hybridized carbons (Fsp3) is 0.158. The molecule has 4 rings (SSSR count). The highest BCUT2D eigenvalue weighted by Crippen LogP contribution is 2.27. The van der Waals surface area contributed by atoms with Crippen molar-refractivity contribution in [1.82, 2.24) is 24.4 Å². The van der Waals surface area contributed by atoms with Gasteiger partial charge in [0.15, 0.2) is 5.65 Å². The SMILES string of the molecule is COCn1cc(NC(=O)c2cnn3c(C(F)F)cc(-c4ccccc4)nc23)cn1. The number of nitrogens with zero attached hydrogens (tertiary/aromatic N) is 5. The van der Waals surface area contributed by atoms with Crippen molar-refractivity contribution in [2.45, 2.75) is 13.2 Å². The molecule has 3 aromatic heterocycles. The van der Waals surface area contributed by atoms with Crippen molar-refractivity contribution in [3.63, 3.8) is 0 Å². The number of halogens is 2. The third kappa shape index (κ3) is 3.69. The number of carbonyl (C=O) groups excluding carboxylic acids is 1. The molecule has 0 bridgehead atoms. The summed E-state index contributed by atoms with van der Waals surface area (Å²) in [5.41, 5.74) is 1.19. The number of aromatic nitrogens is 5. The molecule has 8 nitrogen and oxygen atoms in total. The number of rotatable bonds is 6. The zero-order valence-corrected chi connectivity index (χ0v) is 15.3. The maximum absolute atomic E-state index is 13.6. The van der Waals surface area contributed by atoms with Crippen molar-refractivity contribution >= 4 is 17.2 Å². The smallest absolute Gasteiger partial charge is 0.280 e. The monoisotopic (exact) mass is 398 g/mol. The topological polar surface area (TPSA) is 86.3 Å². The van der Waals surface area contributed by atoms with Gasteiger partial charge in [0.2, 0.25) is 0 Å². The predicted octanol–water partition coefficient (Wildman–Crippen LogP) is 3.39. The Bertz CT molecular complexity index is 1160. The Labute approximate surface area is 163 Å². The first-order chi connectivity index (χ1) is 14.1. The van der Waals surface area contributed by atoms with E-state index in [1.165, 1.54) is 30.3 Å². The van der Waals surface area contributed by atoms with Crippen LogP contribution in [-0.2, 0) is 11.5 Å². The zero-order valence-electron chi connectivity index (χ0n) is 15.3. The van der Waals surface area contributed by atoms with Crippen LogP contribution in [0.3, 0.4) is 0 Å². The molecule has 10 heteroatoms. The molecule has 0 saturated heterocycles. The summed E-state index contributed by atoms with van der Waals surface area (Å²) >= 11 is 0. The number of methoxy groups -OCH3 is 1. The number of carbonyl (C=O) groups is 1. The van der Waals surface area contributed by atoms with Crippen LogP contribution in [0.1, 0.15) is 22.5 Å². The zero-order chi connectivity index (χ0) is 20.4. The first kappa shape index (κ1) is 18.7. The van der Waals surface area contributed by atoms with E-state index in [-0.39, 0.29) is 23.6 Å². The fourth-order valence-electron chi connectivity index (χ4n) is 2.89. The lowest BCUT2D eigenvalue weighted by atomic mass is 10.1. The maximum atomic E-state index is 13.6. The van der Waals surface area contributed by atoms with Crippen LogP contribution in [0, 0.1) is 0 Å². The van der Waals surface area contributed by atoms with Crippen molar-refractivity contribution in [3.8, 4) is 11.3 Å². The van der Waals surface area contributed by atoms with E-state index in [4.69, 9.17) is 4.74 Å². The molecule has 0 aliphatic rings. The van der Waals surface area contributed by atoms with Gasteiger partial charge in [0.05, 0.1) is 30.0 Å².